The highest BCUT2D eigenvalue weighted by Gasteiger charge is 2.29. The monoisotopic (exact) mass is 283 g/mol. The Morgan fingerprint density at radius 3 is 3.05 bits per heavy atom. The summed E-state index contributed by atoms with van der Waals surface area (Å²) in [5, 5.41) is 6.68. The standard InChI is InChI=1S/C9H10FN7OS/c10-5-3-12-7(14-11)13-6(5)19-9-16-15-8(18)17(9)4-1-2-4/h3-4H,1-2,11H2,(H,15,18)(H,12,13,14). The number of aromatic amines is 1. The van der Waals surface area contributed by atoms with Gasteiger partial charge in [-0.1, -0.05) is 0 Å². The molecule has 0 aliphatic heterocycles. The SMILES string of the molecule is NNc1ncc(F)c(Sc2n[nH]c(=O)n2C2CC2)n1. The summed E-state index contributed by atoms with van der Waals surface area (Å²) in [5.41, 5.74) is 1.94. The molecule has 0 atom stereocenters. The van der Waals surface area contributed by atoms with Crippen molar-refractivity contribution in [3.8, 4) is 0 Å². The van der Waals surface area contributed by atoms with Gasteiger partial charge in [0.2, 0.25) is 5.95 Å². The Morgan fingerprint density at radius 2 is 2.37 bits per heavy atom. The minimum Gasteiger partial charge on any atom is -0.292 e. The largest absolute Gasteiger partial charge is 0.344 e. The van der Waals surface area contributed by atoms with Crippen LogP contribution in [0.5, 0.6) is 0 Å². The van der Waals surface area contributed by atoms with Crippen LogP contribution in [0.1, 0.15) is 18.9 Å². The molecule has 2 heterocycles. The number of hydrogen-bond donors (Lipinski definition) is 3. The molecule has 0 unspecified atom stereocenters. The zero-order valence-corrected chi connectivity index (χ0v) is 10.4. The molecule has 0 saturated heterocycles. The second-order valence-corrected chi connectivity index (χ2v) is 4.96. The van der Waals surface area contributed by atoms with Crippen molar-refractivity contribution in [2.75, 3.05) is 5.43 Å². The van der Waals surface area contributed by atoms with Crippen molar-refractivity contribution >= 4 is 17.7 Å². The predicted molar refractivity (Wildman–Crippen MR) is 65.0 cm³/mol. The lowest BCUT2D eigenvalue weighted by Crippen LogP contribution is -2.16. The van der Waals surface area contributed by atoms with E-state index in [0.717, 1.165) is 30.8 Å². The minimum absolute atomic E-state index is 0.0591. The molecule has 100 valence electrons. The van der Waals surface area contributed by atoms with Crippen molar-refractivity contribution in [1.29, 1.82) is 0 Å². The Morgan fingerprint density at radius 1 is 1.58 bits per heavy atom. The van der Waals surface area contributed by atoms with E-state index in [1.54, 1.807) is 0 Å². The first-order chi connectivity index (χ1) is 9.19. The maximum Gasteiger partial charge on any atom is 0.344 e. The number of halogens is 1. The van der Waals surface area contributed by atoms with E-state index in [2.05, 4.69) is 25.6 Å². The van der Waals surface area contributed by atoms with Gasteiger partial charge in [-0.3, -0.25) is 9.99 Å². The molecule has 0 aromatic carbocycles. The highest BCUT2D eigenvalue weighted by molar-refractivity contribution is 7.99. The average Bonchev–Trinajstić information content (AvgIpc) is 3.17. The summed E-state index contributed by atoms with van der Waals surface area (Å²) in [6.07, 6.45) is 2.86. The molecule has 19 heavy (non-hydrogen) atoms. The predicted octanol–water partition coefficient (Wildman–Crippen LogP) is 0.272. The molecule has 2 aromatic rings. The van der Waals surface area contributed by atoms with Crippen LogP contribution in [0.25, 0.3) is 0 Å². The Kier molecular flexibility index (Phi) is 2.95. The molecule has 0 radical (unpaired) electrons. The number of aromatic nitrogens is 5. The summed E-state index contributed by atoms with van der Waals surface area (Å²) >= 11 is 0.958. The van der Waals surface area contributed by atoms with E-state index in [9.17, 15) is 9.18 Å². The van der Waals surface area contributed by atoms with Crippen LogP contribution in [-0.4, -0.2) is 24.7 Å². The van der Waals surface area contributed by atoms with Crippen LogP contribution < -0.4 is 17.0 Å². The van der Waals surface area contributed by atoms with Gasteiger partial charge in [-0.05, 0) is 24.6 Å². The van der Waals surface area contributed by atoms with Crippen LogP contribution in [-0.2, 0) is 0 Å². The fourth-order valence-electron chi connectivity index (χ4n) is 1.60. The van der Waals surface area contributed by atoms with Crippen LogP contribution >= 0.6 is 11.8 Å². The van der Waals surface area contributed by atoms with Crippen LogP contribution in [0.3, 0.4) is 0 Å². The van der Waals surface area contributed by atoms with Crippen molar-refractivity contribution in [1.82, 2.24) is 24.7 Å². The Hall–Kier alpha value is -1.94. The summed E-state index contributed by atoms with van der Waals surface area (Å²) < 4.78 is 15.1. The molecule has 4 N–H and O–H groups in total. The molecule has 1 aliphatic carbocycles. The maximum atomic E-state index is 13.6. The van der Waals surface area contributed by atoms with E-state index in [4.69, 9.17) is 5.84 Å². The highest BCUT2D eigenvalue weighted by Crippen LogP contribution is 2.37. The number of nitrogens with two attached hydrogens (primary N) is 1. The number of nitrogen functional groups attached to an aromatic ring is 1. The van der Waals surface area contributed by atoms with Crippen LogP contribution in [0.4, 0.5) is 10.3 Å². The first-order valence-electron chi connectivity index (χ1n) is 5.53. The van der Waals surface area contributed by atoms with Gasteiger partial charge in [-0.25, -0.2) is 30.1 Å². The maximum absolute atomic E-state index is 13.6. The number of rotatable bonds is 4. The van der Waals surface area contributed by atoms with Gasteiger partial charge in [0.25, 0.3) is 0 Å². The van der Waals surface area contributed by atoms with Crippen LogP contribution in [0, 0.1) is 5.82 Å². The van der Waals surface area contributed by atoms with Crippen LogP contribution in [0.2, 0.25) is 0 Å². The van der Waals surface area contributed by atoms with E-state index < -0.39 is 5.82 Å². The number of hydrazine groups is 1. The van der Waals surface area contributed by atoms with Gasteiger partial charge in [0.1, 0.15) is 5.03 Å². The molecule has 1 fully saturated rings. The first kappa shape index (κ1) is 12.1. The van der Waals surface area contributed by atoms with Crippen molar-refractivity contribution in [3.63, 3.8) is 0 Å². The lowest BCUT2D eigenvalue weighted by Gasteiger charge is -2.04. The van der Waals surface area contributed by atoms with Gasteiger partial charge in [-0.15, -0.1) is 5.10 Å². The van der Waals surface area contributed by atoms with E-state index in [0.29, 0.717) is 5.16 Å². The molecule has 1 aliphatic rings. The fraction of sp³-hybridized carbons (Fsp3) is 0.333. The topological polar surface area (TPSA) is 115 Å². The molecule has 1 saturated carbocycles. The second-order valence-electron chi connectivity index (χ2n) is 4.01. The smallest absolute Gasteiger partial charge is 0.292 e. The molecule has 3 rings (SSSR count). The van der Waals surface area contributed by atoms with Gasteiger partial charge >= 0.3 is 5.69 Å². The summed E-state index contributed by atoms with van der Waals surface area (Å²) in [6, 6.07) is 0.144. The summed E-state index contributed by atoms with van der Waals surface area (Å²) in [5.74, 6) is 4.67. The lowest BCUT2D eigenvalue weighted by molar-refractivity contribution is 0.577. The molecule has 0 amide bonds. The molecular weight excluding hydrogens is 273 g/mol. The zero-order chi connectivity index (χ0) is 13.4. The molecule has 0 bridgehead atoms. The molecular formula is C9H10FN7OS. The molecule has 2 aromatic heterocycles. The molecule has 10 heteroatoms. The quantitative estimate of drug-likeness (QED) is 0.419. The van der Waals surface area contributed by atoms with Gasteiger partial charge in [0.05, 0.1) is 6.20 Å². The number of anilines is 1. The van der Waals surface area contributed by atoms with Crippen LogP contribution in [0.15, 0.2) is 21.2 Å². The lowest BCUT2D eigenvalue weighted by atomic mass is 10.6. The fourth-order valence-corrected chi connectivity index (χ4v) is 2.47. The van der Waals surface area contributed by atoms with Crippen molar-refractivity contribution in [3.05, 3.63) is 22.5 Å². The Bertz CT molecular complexity index is 665. The summed E-state index contributed by atoms with van der Waals surface area (Å²) in [7, 11) is 0. The van der Waals surface area contributed by atoms with Crippen molar-refractivity contribution < 1.29 is 4.39 Å². The van der Waals surface area contributed by atoms with Gasteiger partial charge in [-0.2, -0.15) is 0 Å². The first-order valence-corrected chi connectivity index (χ1v) is 6.34. The average molecular weight is 283 g/mol. The number of nitrogens with one attached hydrogen (secondary N) is 2. The van der Waals surface area contributed by atoms with Crippen molar-refractivity contribution in [2.24, 2.45) is 5.84 Å². The Labute approximate surface area is 110 Å². The zero-order valence-electron chi connectivity index (χ0n) is 9.63. The third-order valence-corrected chi connectivity index (χ3v) is 3.56. The molecule has 0 spiro atoms. The Balaban J connectivity index is 1.95. The number of H-pyrrole nitrogens is 1. The van der Waals surface area contributed by atoms with E-state index in [-0.39, 0.29) is 22.7 Å². The van der Waals surface area contributed by atoms with E-state index in [1.165, 1.54) is 4.57 Å². The summed E-state index contributed by atoms with van der Waals surface area (Å²) in [4.78, 5) is 19.1. The van der Waals surface area contributed by atoms with E-state index >= 15 is 0 Å². The second kappa shape index (κ2) is 4.63. The third-order valence-electron chi connectivity index (χ3n) is 2.61. The normalized spacial score (nSPS) is 14.6. The summed E-state index contributed by atoms with van der Waals surface area (Å²) in [6.45, 7) is 0. The number of nitrogens with zero attached hydrogens (tertiary/aromatic N) is 4. The minimum atomic E-state index is -0.596. The number of hydrogen-bond acceptors (Lipinski definition) is 7. The van der Waals surface area contributed by atoms with Gasteiger partial charge < -0.3 is 0 Å². The van der Waals surface area contributed by atoms with Gasteiger partial charge in [0.15, 0.2) is 11.0 Å². The third kappa shape index (κ3) is 2.31. The van der Waals surface area contributed by atoms with Crippen molar-refractivity contribution in [2.45, 2.75) is 29.1 Å². The van der Waals surface area contributed by atoms with Gasteiger partial charge in [0, 0.05) is 6.04 Å². The highest BCUT2D eigenvalue weighted by atomic mass is 32.2. The van der Waals surface area contributed by atoms with E-state index in [1.807, 2.05) is 0 Å². The molecule has 8 nitrogen and oxygen atoms in total.